The molecule has 6 heterocycles. The van der Waals surface area contributed by atoms with Gasteiger partial charge in [-0.1, -0.05) is 36.4 Å². The molecular formula is C39H41N7. The van der Waals surface area contributed by atoms with Crippen LogP contribution in [0.5, 0.6) is 0 Å². The molecule has 5 aromatic rings. The van der Waals surface area contributed by atoms with Crippen LogP contribution in [0.1, 0.15) is 59.2 Å². The fourth-order valence-electron chi connectivity index (χ4n) is 7.43. The van der Waals surface area contributed by atoms with E-state index in [4.69, 9.17) is 19.9 Å². The minimum absolute atomic E-state index is 0.783. The van der Waals surface area contributed by atoms with Crippen LogP contribution in [-0.4, -0.2) is 56.6 Å². The summed E-state index contributed by atoms with van der Waals surface area (Å²) in [6.45, 7) is 11.0. The highest BCUT2D eigenvalue weighted by atomic mass is 15.1. The summed E-state index contributed by atoms with van der Waals surface area (Å²) < 4.78 is 0. The molecule has 0 aliphatic carbocycles. The summed E-state index contributed by atoms with van der Waals surface area (Å²) >= 11 is 0. The Hall–Kier alpha value is -4.46. The molecule has 7 nitrogen and oxygen atoms in total. The topological polar surface area (TPSA) is 69.5 Å². The van der Waals surface area contributed by atoms with E-state index in [9.17, 15) is 0 Å². The van der Waals surface area contributed by atoms with Crippen molar-refractivity contribution < 1.29 is 0 Å². The van der Waals surface area contributed by atoms with Crippen molar-refractivity contribution in [2.45, 2.75) is 59.0 Å². The van der Waals surface area contributed by atoms with E-state index in [1.807, 2.05) is 12.4 Å². The van der Waals surface area contributed by atoms with E-state index in [2.05, 4.69) is 89.6 Å². The molecule has 0 atom stereocenters. The third kappa shape index (κ3) is 5.70. The molecule has 2 aromatic carbocycles. The molecule has 2 fully saturated rings. The van der Waals surface area contributed by atoms with Crippen LogP contribution in [0, 0.1) is 13.8 Å². The second kappa shape index (κ2) is 12.4. The van der Waals surface area contributed by atoms with Gasteiger partial charge in [0.05, 0.1) is 11.4 Å². The van der Waals surface area contributed by atoms with Gasteiger partial charge < -0.3 is 5.32 Å². The maximum Gasteiger partial charge on any atom is 0.156 e. The van der Waals surface area contributed by atoms with Gasteiger partial charge in [0.15, 0.2) is 11.6 Å². The van der Waals surface area contributed by atoms with Gasteiger partial charge in [0.2, 0.25) is 0 Å². The minimum Gasteiger partial charge on any atom is -0.338 e. The first kappa shape index (κ1) is 29.0. The molecule has 232 valence electrons. The molecule has 46 heavy (non-hydrogen) atoms. The van der Waals surface area contributed by atoms with Crippen LogP contribution in [0.15, 0.2) is 78.0 Å². The number of benzene rings is 2. The smallest absolute Gasteiger partial charge is 0.156 e. The zero-order valence-electron chi connectivity index (χ0n) is 26.9. The molecule has 0 radical (unpaired) electrons. The zero-order valence-corrected chi connectivity index (χ0v) is 26.9. The van der Waals surface area contributed by atoms with Crippen LogP contribution in [-0.2, 0) is 19.5 Å². The predicted molar refractivity (Wildman–Crippen MR) is 187 cm³/mol. The Morgan fingerprint density at radius 2 is 1.46 bits per heavy atom. The summed E-state index contributed by atoms with van der Waals surface area (Å²) in [4.78, 5) is 24.6. The Bertz CT molecular complexity index is 1950. The third-order valence-electron chi connectivity index (χ3n) is 9.98. The van der Waals surface area contributed by atoms with Crippen LogP contribution in [0.2, 0.25) is 0 Å². The van der Waals surface area contributed by atoms with E-state index < -0.39 is 0 Å². The number of likely N-dealkylation sites (tertiary alicyclic amines) is 2. The second-order valence-corrected chi connectivity index (χ2v) is 13.1. The molecule has 0 unspecified atom stereocenters. The van der Waals surface area contributed by atoms with E-state index in [0.29, 0.717) is 0 Å². The van der Waals surface area contributed by atoms with E-state index in [0.717, 1.165) is 59.1 Å². The SMILES string of the molecule is Cc1c(Nc2nccc3cc(CN4CCCC4)cnc23)cccc1-c1cccc(C2=Nc3nc(CN4CCCC4)ccc3C2)c1C. The van der Waals surface area contributed by atoms with Crippen LogP contribution >= 0.6 is 0 Å². The number of anilines is 2. The maximum absolute atomic E-state index is 5.07. The van der Waals surface area contributed by atoms with Crippen molar-refractivity contribution >= 4 is 33.9 Å². The molecule has 0 saturated carbocycles. The summed E-state index contributed by atoms with van der Waals surface area (Å²) in [6, 6.07) is 21.8. The Kier molecular flexibility index (Phi) is 7.80. The molecule has 0 amide bonds. The van der Waals surface area contributed by atoms with Gasteiger partial charge in [-0.05, 0) is 123 Å². The van der Waals surface area contributed by atoms with E-state index in [1.54, 1.807) is 0 Å². The van der Waals surface area contributed by atoms with Gasteiger partial charge in [-0.3, -0.25) is 14.8 Å². The van der Waals surface area contributed by atoms with Gasteiger partial charge in [-0.2, -0.15) is 0 Å². The first-order valence-electron chi connectivity index (χ1n) is 16.8. The molecule has 3 aliphatic heterocycles. The Morgan fingerprint density at radius 1 is 0.739 bits per heavy atom. The van der Waals surface area contributed by atoms with Crippen molar-refractivity contribution in [1.82, 2.24) is 24.8 Å². The molecule has 3 aliphatic rings. The lowest BCUT2D eigenvalue weighted by atomic mass is 9.90. The highest BCUT2D eigenvalue weighted by Gasteiger charge is 2.22. The Morgan fingerprint density at radius 3 is 2.26 bits per heavy atom. The number of aromatic nitrogens is 3. The fourth-order valence-corrected chi connectivity index (χ4v) is 7.43. The third-order valence-corrected chi connectivity index (χ3v) is 9.98. The van der Waals surface area contributed by atoms with Crippen molar-refractivity contribution in [1.29, 1.82) is 0 Å². The van der Waals surface area contributed by atoms with Crippen molar-refractivity contribution in [3.8, 4) is 11.1 Å². The largest absolute Gasteiger partial charge is 0.338 e. The summed E-state index contributed by atoms with van der Waals surface area (Å²) in [5, 5.41) is 4.74. The fraction of sp³-hybridized carbons (Fsp3) is 0.333. The van der Waals surface area contributed by atoms with E-state index in [-0.39, 0.29) is 0 Å². The van der Waals surface area contributed by atoms with Crippen LogP contribution < -0.4 is 5.32 Å². The number of pyridine rings is 3. The summed E-state index contributed by atoms with van der Waals surface area (Å²) in [5.74, 6) is 1.67. The van der Waals surface area contributed by atoms with Gasteiger partial charge >= 0.3 is 0 Å². The molecule has 7 heteroatoms. The minimum atomic E-state index is 0.783. The quantitative estimate of drug-likeness (QED) is 0.193. The molecule has 1 N–H and O–H groups in total. The zero-order chi connectivity index (χ0) is 31.0. The van der Waals surface area contributed by atoms with Crippen molar-refractivity contribution in [2.75, 3.05) is 31.5 Å². The maximum atomic E-state index is 5.07. The average molecular weight is 608 g/mol. The number of hydrogen-bond donors (Lipinski definition) is 1. The second-order valence-electron chi connectivity index (χ2n) is 13.1. The van der Waals surface area contributed by atoms with Crippen LogP contribution in [0.25, 0.3) is 22.0 Å². The van der Waals surface area contributed by atoms with Gasteiger partial charge in [-0.25, -0.2) is 15.0 Å². The summed E-state index contributed by atoms with van der Waals surface area (Å²) in [6.07, 6.45) is 9.87. The average Bonchev–Trinajstić information content (AvgIpc) is 3.86. The normalized spacial score (nSPS) is 16.7. The predicted octanol–water partition coefficient (Wildman–Crippen LogP) is 7.92. The monoisotopic (exact) mass is 607 g/mol. The van der Waals surface area contributed by atoms with Crippen LogP contribution in [0.4, 0.5) is 17.3 Å². The number of fused-ring (bicyclic) bond motifs is 2. The highest BCUT2D eigenvalue weighted by Crippen LogP contribution is 2.36. The molecule has 8 rings (SSSR count). The molecular weight excluding hydrogens is 566 g/mol. The van der Waals surface area contributed by atoms with Crippen molar-refractivity contribution in [2.24, 2.45) is 4.99 Å². The van der Waals surface area contributed by atoms with E-state index in [1.165, 1.54) is 90.8 Å². The first-order chi connectivity index (χ1) is 22.6. The summed E-state index contributed by atoms with van der Waals surface area (Å²) in [5.41, 5.74) is 12.6. The Labute approximate surface area is 271 Å². The van der Waals surface area contributed by atoms with Gasteiger partial charge in [-0.15, -0.1) is 0 Å². The molecule has 0 spiro atoms. The number of nitrogens with zero attached hydrogens (tertiary/aromatic N) is 6. The number of nitrogens with one attached hydrogen (secondary N) is 1. The first-order valence-corrected chi connectivity index (χ1v) is 16.8. The lowest BCUT2D eigenvalue weighted by molar-refractivity contribution is 0.327. The molecule has 3 aromatic heterocycles. The van der Waals surface area contributed by atoms with Gasteiger partial charge in [0.25, 0.3) is 0 Å². The van der Waals surface area contributed by atoms with Gasteiger partial charge in [0, 0.05) is 48.5 Å². The standard InChI is InChI=1S/C39H41N7/c1-26-32(9-7-11-34(26)36-22-30-13-14-31(42-38(30)44-36)25-46-19-5-6-20-46)33-10-8-12-35(27(33)2)43-39-37-29(15-16-40-39)21-28(23-41-37)24-45-17-3-4-18-45/h7-16,21,23H,3-6,17-20,22,24-25H2,1-2H3,(H,40,43). The number of hydrogen-bond acceptors (Lipinski definition) is 7. The molecule has 0 bridgehead atoms. The van der Waals surface area contributed by atoms with Crippen molar-refractivity contribution in [3.05, 3.63) is 107 Å². The Balaban J connectivity index is 1.05. The van der Waals surface area contributed by atoms with Crippen LogP contribution in [0.3, 0.4) is 0 Å². The number of aliphatic imine (C=N–C) groups is 1. The van der Waals surface area contributed by atoms with E-state index >= 15 is 0 Å². The highest BCUT2D eigenvalue weighted by molar-refractivity contribution is 6.08. The lowest BCUT2D eigenvalue weighted by Crippen LogP contribution is -2.19. The number of rotatable bonds is 8. The lowest BCUT2D eigenvalue weighted by Gasteiger charge is -2.17. The summed E-state index contributed by atoms with van der Waals surface area (Å²) in [7, 11) is 0. The van der Waals surface area contributed by atoms with Crippen molar-refractivity contribution in [3.63, 3.8) is 0 Å². The molecule has 2 saturated heterocycles. The van der Waals surface area contributed by atoms with Gasteiger partial charge in [0.1, 0.15) is 5.52 Å².